The third kappa shape index (κ3) is 7.10. The number of carbonyl (C=O) groups is 1. The van der Waals surface area contributed by atoms with Crippen LogP contribution in [0.5, 0.6) is 5.75 Å². The second-order valence-corrected chi connectivity index (χ2v) is 8.70. The first-order valence-corrected chi connectivity index (χ1v) is 11.7. The summed E-state index contributed by atoms with van der Waals surface area (Å²) in [6.07, 6.45) is 3.56. The van der Waals surface area contributed by atoms with E-state index in [9.17, 15) is 9.18 Å². The highest BCUT2D eigenvalue weighted by atomic mass is 19.1. The van der Waals surface area contributed by atoms with E-state index < -0.39 is 0 Å². The molecule has 0 radical (unpaired) electrons. The van der Waals surface area contributed by atoms with Crippen LogP contribution in [0.25, 0.3) is 0 Å². The van der Waals surface area contributed by atoms with E-state index in [-0.39, 0.29) is 17.8 Å². The topological polar surface area (TPSA) is 57.7 Å². The maximum absolute atomic E-state index is 13.0. The standard InChI is InChI=1S/C27H31FN4O2/c1-21(17-30-27(33)24-6-8-25(28)9-7-24)34-26-10-4-22(5-11-26)19-31-13-15-32(16-14-31)20-23-3-2-12-29-18-23/h2-12,18,21H,13-17,19-20H2,1H3,(H,30,33). The minimum atomic E-state index is -0.361. The molecule has 2 aromatic carbocycles. The summed E-state index contributed by atoms with van der Waals surface area (Å²) in [6.45, 7) is 8.34. The fourth-order valence-corrected chi connectivity index (χ4v) is 4.00. The molecule has 1 atom stereocenters. The van der Waals surface area contributed by atoms with Crippen molar-refractivity contribution in [1.82, 2.24) is 20.1 Å². The van der Waals surface area contributed by atoms with Crippen molar-refractivity contribution in [2.75, 3.05) is 32.7 Å². The molecule has 0 bridgehead atoms. The van der Waals surface area contributed by atoms with Crippen LogP contribution in [-0.4, -0.2) is 59.5 Å². The molecule has 1 N–H and O–H groups in total. The Kier molecular flexibility index (Phi) is 8.22. The van der Waals surface area contributed by atoms with Crippen LogP contribution in [0.1, 0.15) is 28.4 Å². The van der Waals surface area contributed by atoms with Crippen molar-refractivity contribution in [3.63, 3.8) is 0 Å². The molecule has 1 fully saturated rings. The molecule has 178 valence electrons. The highest BCUT2D eigenvalue weighted by Gasteiger charge is 2.17. The van der Waals surface area contributed by atoms with Crippen molar-refractivity contribution in [3.8, 4) is 5.75 Å². The molecule has 4 rings (SSSR count). The lowest BCUT2D eigenvalue weighted by molar-refractivity contribution is 0.0932. The highest BCUT2D eigenvalue weighted by Crippen LogP contribution is 2.16. The summed E-state index contributed by atoms with van der Waals surface area (Å²) >= 11 is 0. The van der Waals surface area contributed by atoms with Crippen LogP contribution < -0.4 is 10.1 Å². The first-order chi connectivity index (χ1) is 16.5. The van der Waals surface area contributed by atoms with Crippen LogP contribution in [0.3, 0.4) is 0 Å². The number of amides is 1. The number of halogens is 1. The molecule has 1 amide bonds. The van der Waals surface area contributed by atoms with Gasteiger partial charge < -0.3 is 10.1 Å². The molecule has 6 nitrogen and oxygen atoms in total. The molecule has 0 saturated carbocycles. The number of carbonyl (C=O) groups excluding carboxylic acids is 1. The maximum Gasteiger partial charge on any atom is 0.251 e. The van der Waals surface area contributed by atoms with E-state index in [0.717, 1.165) is 45.0 Å². The van der Waals surface area contributed by atoms with Crippen molar-refractivity contribution in [1.29, 1.82) is 0 Å². The van der Waals surface area contributed by atoms with Gasteiger partial charge in [0.05, 0.1) is 6.54 Å². The van der Waals surface area contributed by atoms with Gasteiger partial charge in [0, 0.05) is 57.2 Å². The van der Waals surface area contributed by atoms with Crippen LogP contribution in [0.2, 0.25) is 0 Å². The molecule has 34 heavy (non-hydrogen) atoms. The Morgan fingerprint density at radius 2 is 1.62 bits per heavy atom. The lowest BCUT2D eigenvalue weighted by Crippen LogP contribution is -2.45. The number of nitrogens with zero attached hydrogens (tertiary/aromatic N) is 3. The predicted octanol–water partition coefficient (Wildman–Crippen LogP) is 3.74. The lowest BCUT2D eigenvalue weighted by Gasteiger charge is -2.34. The monoisotopic (exact) mass is 462 g/mol. The minimum Gasteiger partial charge on any atom is -0.489 e. The zero-order valence-corrected chi connectivity index (χ0v) is 19.5. The van der Waals surface area contributed by atoms with Gasteiger partial charge in [-0.2, -0.15) is 0 Å². The van der Waals surface area contributed by atoms with Crippen LogP contribution in [0, 0.1) is 5.82 Å². The van der Waals surface area contributed by atoms with Gasteiger partial charge in [-0.1, -0.05) is 18.2 Å². The Bertz CT molecular complexity index is 1040. The highest BCUT2D eigenvalue weighted by molar-refractivity contribution is 5.94. The number of piperazine rings is 1. The molecule has 1 saturated heterocycles. The number of benzene rings is 2. The molecule has 1 aliphatic heterocycles. The Balaban J connectivity index is 1.17. The Hall–Kier alpha value is -3.29. The molecule has 1 aliphatic rings. The minimum absolute atomic E-state index is 0.192. The van der Waals surface area contributed by atoms with Crippen molar-refractivity contribution >= 4 is 5.91 Å². The summed E-state index contributed by atoms with van der Waals surface area (Å²) in [6, 6.07) is 17.8. The lowest BCUT2D eigenvalue weighted by atomic mass is 10.1. The summed E-state index contributed by atoms with van der Waals surface area (Å²) in [7, 11) is 0. The number of ether oxygens (including phenoxy) is 1. The van der Waals surface area contributed by atoms with E-state index in [2.05, 4.69) is 38.3 Å². The molecule has 3 aromatic rings. The Morgan fingerprint density at radius 1 is 0.971 bits per heavy atom. The van der Waals surface area contributed by atoms with Crippen LogP contribution in [0.4, 0.5) is 4.39 Å². The van der Waals surface area contributed by atoms with Gasteiger partial charge in [0.25, 0.3) is 5.91 Å². The number of hydrogen-bond donors (Lipinski definition) is 1. The third-order valence-corrected chi connectivity index (χ3v) is 5.92. The van der Waals surface area contributed by atoms with Crippen LogP contribution in [-0.2, 0) is 13.1 Å². The summed E-state index contributed by atoms with van der Waals surface area (Å²) in [5.41, 5.74) is 2.94. The van der Waals surface area contributed by atoms with Crippen molar-refractivity contribution in [2.45, 2.75) is 26.1 Å². The summed E-state index contributed by atoms with van der Waals surface area (Å²) < 4.78 is 18.9. The molecular weight excluding hydrogens is 431 g/mol. The number of rotatable bonds is 9. The molecule has 1 unspecified atom stereocenters. The second-order valence-electron chi connectivity index (χ2n) is 8.70. The number of pyridine rings is 1. The van der Waals surface area contributed by atoms with Crippen LogP contribution in [0.15, 0.2) is 73.1 Å². The van der Waals surface area contributed by atoms with Gasteiger partial charge in [-0.25, -0.2) is 4.39 Å². The first kappa shape index (κ1) is 23.9. The average molecular weight is 463 g/mol. The van der Waals surface area contributed by atoms with E-state index in [1.165, 1.54) is 35.4 Å². The van der Waals surface area contributed by atoms with Gasteiger partial charge >= 0.3 is 0 Å². The molecule has 1 aromatic heterocycles. The molecular formula is C27H31FN4O2. The van der Waals surface area contributed by atoms with Gasteiger partial charge in [0.1, 0.15) is 17.7 Å². The quantitative estimate of drug-likeness (QED) is 0.525. The van der Waals surface area contributed by atoms with Gasteiger partial charge in [-0.15, -0.1) is 0 Å². The van der Waals surface area contributed by atoms with Gasteiger partial charge in [-0.05, 0) is 60.5 Å². The van der Waals surface area contributed by atoms with E-state index in [1.807, 2.05) is 37.5 Å². The molecule has 7 heteroatoms. The van der Waals surface area contributed by atoms with E-state index >= 15 is 0 Å². The zero-order chi connectivity index (χ0) is 23.8. The largest absolute Gasteiger partial charge is 0.489 e. The maximum atomic E-state index is 13.0. The molecule has 2 heterocycles. The van der Waals surface area contributed by atoms with E-state index in [1.54, 1.807) is 0 Å². The number of aromatic nitrogens is 1. The van der Waals surface area contributed by atoms with Crippen molar-refractivity contribution < 1.29 is 13.9 Å². The average Bonchev–Trinajstić information content (AvgIpc) is 2.86. The fraction of sp³-hybridized carbons (Fsp3) is 0.333. The normalized spacial score (nSPS) is 15.6. The Morgan fingerprint density at radius 3 is 2.24 bits per heavy atom. The predicted molar refractivity (Wildman–Crippen MR) is 130 cm³/mol. The third-order valence-electron chi connectivity index (χ3n) is 5.92. The zero-order valence-electron chi connectivity index (χ0n) is 19.5. The first-order valence-electron chi connectivity index (χ1n) is 11.7. The summed E-state index contributed by atoms with van der Waals surface area (Å²) in [5.74, 6) is 0.166. The second kappa shape index (κ2) is 11.7. The van der Waals surface area contributed by atoms with Crippen molar-refractivity contribution in [2.24, 2.45) is 0 Å². The smallest absolute Gasteiger partial charge is 0.251 e. The van der Waals surface area contributed by atoms with Gasteiger partial charge in [0.2, 0.25) is 0 Å². The van der Waals surface area contributed by atoms with Gasteiger partial charge in [-0.3, -0.25) is 19.6 Å². The van der Waals surface area contributed by atoms with Gasteiger partial charge in [0.15, 0.2) is 0 Å². The fourth-order valence-electron chi connectivity index (χ4n) is 4.00. The van der Waals surface area contributed by atoms with Crippen molar-refractivity contribution in [3.05, 3.63) is 95.6 Å². The van der Waals surface area contributed by atoms with E-state index in [4.69, 9.17) is 4.74 Å². The summed E-state index contributed by atoms with van der Waals surface area (Å²) in [5, 5.41) is 2.82. The number of nitrogens with one attached hydrogen (secondary N) is 1. The molecule has 0 spiro atoms. The number of hydrogen-bond acceptors (Lipinski definition) is 5. The molecule has 0 aliphatic carbocycles. The SMILES string of the molecule is CC(CNC(=O)c1ccc(F)cc1)Oc1ccc(CN2CCN(Cc3cccnc3)CC2)cc1. The van der Waals surface area contributed by atoms with E-state index in [0.29, 0.717) is 12.1 Å². The summed E-state index contributed by atoms with van der Waals surface area (Å²) in [4.78, 5) is 21.3. The Labute approximate surface area is 200 Å². The van der Waals surface area contributed by atoms with Crippen LogP contribution >= 0.6 is 0 Å².